The number of phenolic OH excluding ortho intramolecular Hbond substituents is 2. The van der Waals surface area contributed by atoms with E-state index in [1.54, 1.807) is 18.2 Å². The van der Waals surface area contributed by atoms with Crippen molar-refractivity contribution in [2.24, 2.45) is 0 Å². The lowest BCUT2D eigenvalue weighted by Gasteiger charge is -2.17. The highest BCUT2D eigenvalue weighted by Crippen LogP contribution is 2.31. The Kier molecular flexibility index (Phi) is 5.25. The molecule has 0 bridgehead atoms. The number of benzene rings is 1. The maximum atomic E-state index is 9.67. The van der Waals surface area contributed by atoms with Gasteiger partial charge in [-0.1, -0.05) is 13.0 Å². The molecule has 0 heterocycles. The van der Waals surface area contributed by atoms with E-state index in [0.29, 0.717) is 18.5 Å². The molecule has 4 N–H and O–H groups in total. The normalized spacial score (nSPS) is 14.5. The fourth-order valence-corrected chi connectivity index (χ4v) is 1.76. The molecule has 0 saturated carbocycles. The second-order valence-corrected chi connectivity index (χ2v) is 4.24. The van der Waals surface area contributed by atoms with E-state index in [9.17, 15) is 15.3 Å². The Morgan fingerprint density at radius 1 is 1.24 bits per heavy atom. The fourth-order valence-electron chi connectivity index (χ4n) is 1.76. The van der Waals surface area contributed by atoms with E-state index < -0.39 is 0 Å². The monoisotopic (exact) mass is 239 g/mol. The number of aromatic hydroxyl groups is 2. The standard InChI is InChI=1S/C13H21NO3/c1-3-10(15)7-8-14-9(2)13-11(16)5-4-6-12(13)17/h4-6,9-10,14-17H,3,7-8H2,1-2H3. The van der Waals surface area contributed by atoms with Crippen LogP contribution in [-0.2, 0) is 0 Å². The minimum absolute atomic E-state index is 0.0843. The van der Waals surface area contributed by atoms with Crippen molar-refractivity contribution in [1.82, 2.24) is 5.32 Å². The smallest absolute Gasteiger partial charge is 0.124 e. The first kappa shape index (κ1) is 13.8. The van der Waals surface area contributed by atoms with Gasteiger partial charge in [-0.25, -0.2) is 0 Å². The van der Waals surface area contributed by atoms with E-state index in [1.165, 1.54) is 0 Å². The molecule has 0 saturated heterocycles. The summed E-state index contributed by atoms with van der Waals surface area (Å²) in [5.74, 6) is 0.169. The van der Waals surface area contributed by atoms with Crippen molar-refractivity contribution in [2.45, 2.75) is 38.8 Å². The second kappa shape index (κ2) is 6.47. The van der Waals surface area contributed by atoms with Crippen molar-refractivity contribution in [2.75, 3.05) is 6.54 Å². The lowest BCUT2D eigenvalue weighted by molar-refractivity contribution is 0.158. The van der Waals surface area contributed by atoms with E-state index in [2.05, 4.69) is 5.32 Å². The Labute approximate surface area is 102 Å². The van der Waals surface area contributed by atoms with Gasteiger partial charge in [0.05, 0.1) is 11.7 Å². The zero-order valence-electron chi connectivity index (χ0n) is 10.3. The van der Waals surface area contributed by atoms with Gasteiger partial charge in [-0.3, -0.25) is 0 Å². The average molecular weight is 239 g/mol. The number of aliphatic hydroxyl groups is 1. The van der Waals surface area contributed by atoms with Gasteiger partial charge in [-0.2, -0.15) is 0 Å². The highest BCUT2D eigenvalue weighted by molar-refractivity contribution is 5.44. The first-order chi connectivity index (χ1) is 8.06. The zero-order chi connectivity index (χ0) is 12.8. The number of phenols is 2. The van der Waals surface area contributed by atoms with Crippen LogP contribution in [0.5, 0.6) is 11.5 Å². The molecule has 0 aliphatic carbocycles. The molecule has 4 nitrogen and oxygen atoms in total. The van der Waals surface area contributed by atoms with Crippen molar-refractivity contribution < 1.29 is 15.3 Å². The van der Waals surface area contributed by atoms with Gasteiger partial charge in [0.2, 0.25) is 0 Å². The molecule has 0 amide bonds. The zero-order valence-corrected chi connectivity index (χ0v) is 10.3. The van der Waals surface area contributed by atoms with Crippen molar-refractivity contribution in [3.05, 3.63) is 23.8 Å². The molecule has 0 spiro atoms. The lowest BCUT2D eigenvalue weighted by atomic mass is 10.1. The molecule has 0 radical (unpaired) electrons. The topological polar surface area (TPSA) is 72.7 Å². The minimum Gasteiger partial charge on any atom is -0.507 e. The van der Waals surface area contributed by atoms with Gasteiger partial charge in [0.25, 0.3) is 0 Å². The molecule has 1 rings (SSSR count). The van der Waals surface area contributed by atoms with Crippen LogP contribution in [0.25, 0.3) is 0 Å². The summed E-state index contributed by atoms with van der Waals surface area (Å²) < 4.78 is 0. The Bertz CT molecular complexity index is 334. The van der Waals surface area contributed by atoms with Gasteiger partial charge < -0.3 is 20.6 Å². The van der Waals surface area contributed by atoms with Crippen LogP contribution in [0.1, 0.15) is 38.3 Å². The highest BCUT2D eigenvalue weighted by Gasteiger charge is 2.14. The van der Waals surface area contributed by atoms with Gasteiger partial charge >= 0.3 is 0 Å². The summed E-state index contributed by atoms with van der Waals surface area (Å²) >= 11 is 0. The summed E-state index contributed by atoms with van der Waals surface area (Å²) in [6.45, 7) is 4.44. The van der Waals surface area contributed by atoms with Crippen LogP contribution in [0.15, 0.2) is 18.2 Å². The predicted octanol–water partition coefficient (Wildman–Crippen LogP) is 1.91. The molecular formula is C13H21NO3. The number of aliphatic hydroxyl groups excluding tert-OH is 1. The Morgan fingerprint density at radius 2 is 1.82 bits per heavy atom. The third-order valence-electron chi connectivity index (χ3n) is 2.89. The molecule has 1 aromatic carbocycles. The van der Waals surface area contributed by atoms with E-state index in [-0.39, 0.29) is 23.6 Å². The van der Waals surface area contributed by atoms with Crippen molar-refractivity contribution in [3.63, 3.8) is 0 Å². The first-order valence-corrected chi connectivity index (χ1v) is 5.98. The molecule has 0 aliphatic heterocycles. The number of rotatable bonds is 6. The van der Waals surface area contributed by atoms with Crippen LogP contribution >= 0.6 is 0 Å². The molecule has 17 heavy (non-hydrogen) atoms. The van der Waals surface area contributed by atoms with Crippen LogP contribution in [0.4, 0.5) is 0 Å². The van der Waals surface area contributed by atoms with Crippen molar-refractivity contribution in [3.8, 4) is 11.5 Å². The molecular weight excluding hydrogens is 218 g/mol. The van der Waals surface area contributed by atoms with Gasteiger partial charge in [0.15, 0.2) is 0 Å². The number of nitrogens with one attached hydrogen (secondary N) is 1. The van der Waals surface area contributed by atoms with E-state index >= 15 is 0 Å². The third kappa shape index (κ3) is 3.91. The summed E-state index contributed by atoms with van der Waals surface area (Å²) in [4.78, 5) is 0. The van der Waals surface area contributed by atoms with Gasteiger partial charge in [0, 0.05) is 6.04 Å². The molecule has 2 unspecified atom stereocenters. The summed E-state index contributed by atoms with van der Waals surface area (Å²) in [6, 6.07) is 4.55. The number of hydrogen-bond acceptors (Lipinski definition) is 4. The van der Waals surface area contributed by atoms with E-state index in [0.717, 1.165) is 6.42 Å². The second-order valence-electron chi connectivity index (χ2n) is 4.24. The van der Waals surface area contributed by atoms with Crippen molar-refractivity contribution >= 4 is 0 Å². The molecule has 2 atom stereocenters. The average Bonchev–Trinajstić information content (AvgIpc) is 2.28. The van der Waals surface area contributed by atoms with E-state index in [1.807, 2.05) is 13.8 Å². The van der Waals surface area contributed by atoms with Crippen molar-refractivity contribution in [1.29, 1.82) is 0 Å². The van der Waals surface area contributed by atoms with E-state index in [4.69, 9.17) is 0 Å². The Hall–Kier alpha value is -1.26. The fraction of sp³-hybridized carbons (Fsp3) is 0.538. The SMILES string of the molecule is CCC(O)CCNC(C)c1c(O)cccc1O. The summed E-state index contributed by atoms with van der Waals surface area (Å²) in [6.07, 6.45) is 1.10. The largest absolute Gasteiger partial charge is 0.507 e. The van der Waals surface area contributed by atoms with Gasteiger partial charge in [-0.15, -0.1) is 0 Å². The minimum atomic E-state index is -0.298. The molecule has 0 aromatic heterocycles. The van der Waals surface area contributed by atoms with Crippen LogP contribution in [0, 0.1) is 0 Å². The molecule has 1 aromatic rings. The van der Waals surface area contributed by atoms with Gasteiger partial charge in [0.1, 0.15) is 11.5 Å². The first-order valence-electron chi connectivity index (χ1n) is 5.98. The maximum Gasteiger partial charge on any atom is 0.124 e. The summed E-state index contributed by atoms with van der Waals surface area (Å²) in [7, 11) is 0. The van der Waals surface area contributed by atoms with Crippen LogP contribution in [-0.4, -0.2) is 28.0 Å². The number of hydrogen-bond donors (Lipinski definition) is 4. The summed E-state index contributed by atoms with van der Waals surface area (Å²) in [5.41, 5.74) is 0.499. The Morgan fingerprint density at radius 3 is 2.35 bits per heavy atom. The third-order valence-corrected chi connectivity index (χ3v) is 2.89. The van der Waals surface area contributed by atoms with Crippen LogP contribution in [0.2, 0.25) is 0 Å². The van der Waals surface area contributed by atoms with Crippen LogP contribution < -0.4 is 5.32 Å². The Balaban J connectivity index is 2.55. The van der Waals surface area contributed by atoms with Gasteiger partial charge in [-0.05, 0) is 38.4 Å². The molecule has 96 valence electrons. The lowest BCUT2D eigenvalue weighted by Crippen LogP contribution is -2.23. The quantitative estimate of drug-likeness (QED) is 0.612. The highest BCUT2D eigenvalue weighted by atomic mass is 16.3. The maximum absolute atomic E-state index is 9.67. The molecule has 0 fully saturated rings. The van der Waals surface area contributed by atoms with Crippen LogP contribution in [0.3, 0.4) is 0 Å². The molecule has 0 aliphatic rings. The predicted molar refractivity (Wildman–Crippen MR) is 67.1 cm³/mol. The summed E-state index contributed by atoms with van der Waals surface area (Å²) in [5, 5.41) is 31.9. The molecule has 4 heteroatoms.